The summed E-state index contributed by atoms with van der Waals surface area (Å²) in [7, 11) is 0. The maximum Gasteiger partial charge on any atom is 0.146 e. The van der Waals surface area contributed by atoms with Gasteiger partial charge in [-0.25, -0.2) is 9.97 Å². The van der Waals surface area contributed by atoms with E-state index in [2.05, 4.69) is 64.8 Å². The van der Waals surface area contributed by atoms with E-state index in [0.29, 0.717) is 0 Å². The molecule has 2 rings (SSSR count). The normalized spacial score (nSPS) is 10.5. The Morgan fingerprint density at radius 1 is 1.21 bits per heavy atom. The number of aromatic nitrogens is 2. The summed E-state index contributed by atoms with van der Waals surface area (Å²) >= 11 is 8.77. The van der Waals surface area contributed by atoms with Gasteiger partial charge in [0, 0.05) is 15.9 Å². The van der Waals surface area contributed by atoms with Crippen molar-refractivity contribution in [1.29, 1.82) is 0 Å². The van der Waals surface area contributed by atoms with Gasteiger partial charge in [0.2, 0.25) is 0 Å². The number of halogens is 2. The topological polar surface area (TPSA) is 49.8 Å². The molecule has 0 unspecified atom stereocenters. The first-order chi connectivity index (χ1) is 9.22. The van der Waals surface area contributed by atoms with Gasteiger partial charge in [-0.3, -0.25) is 0 Å². The van der Waals surface area contributed by atoms with Gasteiger partial charge >= 0.3 is 0 Å². The number of thiophene rings is 1. The molecule has 2 N–H and O–H groups in total. The molecule has 2 aromatic heterocycles. The van der Waals surface area contributed by atoms with Gasteiger partial charge in [0.05, 0.1) is 6.54 Å². The standard InChI is InChI=1S/C12H14Br2N4S/c1-2-4-15-11-10(14)12(18-7-17-11)16-6-9-8(13)3-5-19-9/h3,5,7H,2,4,6H2,1H3,(H2,15,16,17,18). The summed E-state index contributed by atoms with van der Waals surface area (Å²) in [5, 5.41) is 8.64. The quantitative estimate of drug-likeness (QED) is 0.742. The van der Waals surface area contributed by atoms with Crippen molar-refractivity contribution in [2.24, 2.45) is 0 Å². The van der Waals surface area contributed by atoms with Crippen LogP contribution in [0.1, 0.15) is 18.2 Å². The zero-order valence-corrected chi connectivity index (χ0v) is 14.4. The van der Waals surface area contributed by atoms with Crippen LogP contribution in [0, 0.1) is 0 Å². The third-order valence-corrected chi connectivity index (χ3v) is 5.12. The molecule has 0 saturated heterocycles. The fourth-order valence-corrected chi connectivity index (χ4v) is 3.39. The molecule has 0 spiro atoms. The summed E-state index contributed by atoms with van der Waals surface area (Å²) in [6.45, 7) is 3.75. The Morgan fingerprint density at radius 3 is 2.58 bits per heavy atom. The Bertz CT molecular complexity index is 544. The third kappa shape index (κ3) is 3.90. The van der Waals surface area contributed by atoms with E-state index < -0.39 is 0 Å². The lowest BCUT2D eigenvalue weighted by molar-refractivity contribution is 0.960. The van der Waals surface area contributed by atoms with Crippen LogP contribution in [0.2, 0.25) is 0 Å². The maximum atomic E-state index is 4.26. The van der Waals surface area contributed by atoms with Gasteiger partial charge in [0.15, 0.2) is 0 Å². The Labute approximate surface area is 133 Å². The van der Waals surface area contributed by atoms with Crippen molar-refractivity contribution in [3.05, 3.63) is 31.6 Å². The highest BCUT2D eigenvalue weighted by Gasteiger charge is 2.09. The van der Waals surface area contributed by atoms with Crippen LogP contribution in [0.3, 0.4) is 0 Å². The van der Waals surface area contributed by atoms with E-state index in [1.54, 1.807) is 17.7 Å². The SMILES string of the molecule is CCCNc1ncnc(NCc2sccc2Br)c1Br. The van der Waals surface area contributed by atoms with Crippen molar-refractivity contribution in [3.8, 4) is 0 Å². The zero-order valence-electron chi connectivity index (χ0n) is 10.4. The van der Waals surface area contributed by atoms with Crippen molar-refractivity contribution in [1.82, 2.24) is 9.97 Å². The van der Waals surface area contributed by atoms with Crippen molar-refractivity contribution < 1.29 is 0 Å². The van der Waals surface area contributed by atoms with Gasteiger partial charge in [0.1, 0.15) is 22.4 Å². The molecule has 0 aliphatic heterocycles. The van der Waals surface area contributed by atoms with Crippen molar-refractivity contribution in [2.75, 3.05) is 17.2 Å². The zero-order chi connectivity index (χ0) is 13.7. The molecule has 2 aromatic rings. The Morgan fingerprint density at radius 2 is 1.95 bits per heavy atom. The molecule has 0 aliphatic rings. The summed E-state index contributed by atoms with van der Waals surface area (Å²) in [5.74, 6) is 1.62. The molecule has 2 heterocycles. The molecule has 4 nitrogen and oxygen atoms in total. The molecule has 0 aliphatic carbocycles. The van der Waals surface area contributed by atoms with Gasteiger partial charge in [-0.15, -0.1) is 11.3 Å². The summed E-state index contributed by atoms with van der Waals surface area (Å²) in [6.07, 6.45) is 2.62. The predicted octanol–water partition coefficient (Wildman–Crippen LogP) is 4.50. The van der Waals surface area contributed by atoms with Crippen LogP contribution in [0.15, 0.2) is 26.7 Å². The van der Waals surface area contributed by atoms with Gasteiger partial charge in [-0.05, 0) is 49.7 Å². The third-order valence-electron chi connectivity index (χ3n) is 2.44. The molecule has 0 amide bonds. The fraction of sp³-hybridized carbons (Fsp3) is 0.333. The van der Waals surface area contributed by atoms with Gasteiger partial charge in [0.25, 0.3) is 0 Å². The first-order valence-electron chi connectivity index (χ1n) is 5.92. The van der Waals surface area contributed by atoms with Crippen LogP contribution >= 0.6 is 43.2 Å². The summed E-state index contributed by atoms with van der Waals surface area (Å²) < 4.78 is 2.00. The molecule has 7 heteroatoms. The van der Waals surface area contributed by atoms with E-state index in [4.69, 9.17) is 0 Å². The van der Waals surface area contributed by atoms with Crippen molar-refractivity contribution in [3.63, 3.8) is 0 Å². The summed E-state index contributed by atoms with van der Waals surface area (Å²) in [5.41, 5.74) is 0. The molecule has 19 heavy (non-hydrogen) atoms. The predicted molar refractivity (Wildman–Crippen MR) is 87.9 cm³/mol. The Kier molecular flexibility index (Phi) is 5.59. The van der Waals surface area contributed by atoms with E-state index in [9.17, 15) is 0 Å². The minimum absolute atomic E-state index is 0.737. The van der Waals surface area contributed by atoms with Crippen LogP contribution in [0.25, 0.3) is 0 Å². The van der Waals surface area contributed by atoms with Crippen LogP contribution in [-0.4, -0.2) is 16.5 Å². The second kappa shape index (κ2) is 7.21. The van der Waals surface area contributed by atoms with E-state index in [0.717, 1.165) is 40.1 Å². The minimum Gasteiger partial charge on any atom is -0.369 e. The molecule has 0 saturated carbocycles. The maximum absolute atomic E-state index is 4.26. The molecule has 102 valence electrons. The first kappa shape index (κ1) is 14.7. The number of hydrogen-bond donors (Lipinski definition) is 2. The van der Waals surface area contributed by atoms with E-state index in [-0.39, 0.29) is 0 Å². The van der Waals surface area contributed by atoms with Gasteiger partial charge in [-0.2, -0.15) is 0 Å². The molecule has 0 fully saturated rings. The highest BCUT2D eigenvalue weighted by molar-refractivity contribution is 9.11. The lowest BCUT2D eigenvalue weighted by Crippen LogP contribution is -2.07. The second-order valence-corrected chi connectivity index (χ2v) is 6.50. The first-order valence-corrected chi connectivity index (χ1v) is 8.39. The smallest absolute Gasteiger partial charge is 0.146 e. The van der Waals surface area contributed by atoms with E-state index >= 15 is 0 Å². The average Bonchev–Trinajstić information content (AvgIpc) is 2.82. The molecule has 0 aromatic carbocycles. The minimum atomic E-state index is 0.737. The Balaban J connectivity index is 2.06. The number of hydrogen-bond acceptors (Lipinski definition) is 5. The Hall–Kier alpha value is -0.660. The van der Waals surface area contributed by atoms with Crippen LogP contribution < -0.4 is 10.6 Å². The average molecular weight is 406 g/mol. The number of anilines is 2. The van der Waals surface area contributed by atoms with Crippen LogP contribution in [0.5, 0.6) is 0 Å². The number of rotatable bonds is 6. The molecule has 0 atom stereocenters. The summed E-state index contributed by atoms with van der Waals surface area (Å²) in [6, 6.07) is 2.05. The lowest BCUT2D eigenvalue weighted by atomic mass is 10.4. The van der Waals surface area contributed by atoms with Crippen LogP contribution in [0.4, 0.5) is 11.6 Å². The largest absolute Gasteiger partial charge is 0.369 e. The summed E-state index contributed by atoms with van der Waals surface area (Å²) in [4.78, 5) is 9.72. The monoisotopic (exact) mass is 404 g/mol. The molecule has 0 bridgehead atoms. The number of nitrogens with one attached hydrogen (secondary N) is 2. The molecule has 0 radical (unpaired) electrons. The highest BCUT2D eigenvalue weighted by atomic mass is 79.9. The molecular formula is C12H14Br2N4S. The van der Waals surface area contributed by atoms with Gasteiger partial charge in [-0.1, -0.05) is 6.92 Å². The lowest BCUT2D eigenvalue weighted by Gasteiger charge is -2.10. The molecular weight excluding hydrogens is 392 g/mol. The van der Waals surface area contributed by atoms with E-state index in [1.807, 2.05) is 6.07 Å². The van der Waals surface area contributed by atoms with Gasteiger partial charge < -0.3 is 10.6 Å². The highest BCUT2D eigenvalue weighted by Crippen LogP contribution is 2.28. The number of nitrogens with zero attached hydrogens (tertiary/aromatic N) is 2. The van der Waals surface area contributed by atoms with E-state index in [1.165, 1.54) is 4.88 Å². The van der Waals surface area contributed by atoms with Crippen molar-refractivity contribution >= 4 is 54.8 Å². The van der Waals surface area contributed by atoms with Crippen LogP contribution in [-0.2, 0) is 6.54 Å². The fourth-order valence-electron chi connectivity index (χ4n) is 1.47. The van der Waals surface area contributed by atoms with Crippen molar-refractivity contribution in [2.45, 2.75) is 19.9 Å². The second-order valence-electron chi connectivity index (χ2n) is 3.86.